The molecule has 0 bridgehead atoms. The molecule has 0 fully saturated rings. The summed E-state index contributed by atoms with van der Waals surface area (Å²) >= 11 is 3.36. The molecule has 0 saturated carbocycles. The summed E-state index contributed by atoms with van der Waals surface area (Å²) in [7, 11) is 1.69. The predicted octanol–water partition coefficient (Wildman–Crippen LogP) is 2.21. The van der Waals surface area contributed by atoms with Crippen LogP contribution in [0.5, 0.6) is 0 Å². The number of likely N-dealkylation sites (N-methyl/N-ethyl adjacent to an activating group) is 1. The number of halogens is 1. The average Bonchev–Trinajstić information content (AvgIpc) is 2.13. The van der Waals surface area contributed by atoms with Crippen molar-refractivity contribution in [2.75, 3.05) is 13.6 Å². The van der Waals surface area contributed by atoms with Crippen molar-refractivity contribution in [3.63, 3.8) is 0 Å². The van der Waals surface area contributed by atoms with Crippen LogP contribution in [0.1, 0.15) is 22.8 Å². The monoisotopic (exact) mass is 285 g/mol. The molecular weight excluding hydrogens is 270 g/mol. The number of aryl methyl sites for hydroxylation is 1. The Morgan fingerprint density at radius 1 is 1.50 bits per heavy atom. The third kappa shape index (κ3) is 3.61. The quantitative estimate of drug-likeness (QED) is 0.925. The third-order valence-corrected chi connectivity index (χ3v) is 2.63. The molecular formula is C12H16BrNO2. The van der Waals surface area contributed by atoms with Gasteiger partial charge >= 0.3 is 0 Å². The minimum Gasteiger partial charge on any atom is -0.392 e. The van der Waals surface area contributed by atoms with E-state index in [9.17, 15) is 9.90 Å². The Morgan fingerprint density at radius 2 is 2.12 bits per heavy atom. The van der Waals surface area contributed by atoms with Crippen molar-refractivity contribution in [3.8, 4) is 0 Å². The van der Waals surface area contributed by atoms with Crippen molar-refractivity contribution in [2.24, 2.45) is 0 Å². The summed E-state index contributed by atoms with van der Waals surface area (Å²) in [5, 5.41) is 9.22. The van der Waals surface area contributed by atoms with E-state index in [1.807, 2.05) is 19.1 Å². The van der Waals surface area contributed by atoms with E-state index in [0.717, 1.165) is 10.0 Å². The molecule has 0 aromatic heterocycles. The molecule has 3 nitrogen and oxygen atoms in total. The van der Waals surface area contributed by atoms with Gasteiger partial charge in [0.15, 0.2) is 0 Å². The molecule has 0 saturated heterocycles. The van der Waals surface area contributed by atoms with Crippen molar-refractivity contribution in [2.45, 2.75) is 20.0 Å². The molecule has 1 aromatic rings. The Bertz CT molecular complexity index is 370. The summed E-state index contributed by atoms with van der Waals surface area (Å²) in [4.78, 5) is 13.5. The topological polar surface area (TPSA) is 40.5 Å². The number of carbonyl (C=O) groups excluding carboxylic acids is 1. The Balaban J connectivity index is 2.87. The van der Waals surface area contributed by atoms with Gasteiger partial charge < -0.3 is 10.0 Å². The smallest absolute Gasteiger partial charge is 0.253 e. The summed E-state index contributed by atoms with van der Waals surface area (Å²) in [5.41, 5.74) is 1.66. The van der Waals surface area contributed by atoms with E-state index in [4.69, 9.17) is 0 Å². The number of amides is 1. The predicted molar refractivity (Wildman–Crippen MR) is 67.5 cm³/mol. The Hall–Kier alpha value is -0.870. The highest BCUT2D eigenvalue weighted by molar-refractivity contribution is 9.10. The van der Waals surface area contributed by atoms with E-state index in [1.165, 1.54) is 4.90 Å². The largest absolute Gasteiger partial charge is 0.392 e. The number of hydrogen-bond donors (Lipinski definition) is 1. The lowest BCUT2D eigenvalue weighted by Gasteiger charge is -2.19. The average molecular weight is 286 g/mol. The van der Waals surface area contributed by atoms with Crippen molar-refractivity contribution >= 4 is 21.8 Å². The van der Waals surface area contributed by atoms with Crippen LogP contribution in [0.15, 0.2) is 22.7 Å². The number of aliphatic hydroxyl groups excluding tert-OH is 1. The molecule has 0 aliphatic rings. The molecule has 1 aromatic carbocycles. The van der Waals surface area contributed by atoms with E-state index in [0.29, 0.717) is 12.1 Å². The molecule has 4 heteroatoms. The number of benzene rings is 1. The maximum Gasteiger partial charge on any atom is 0.253 e. The number of nitrogens with zero attached hydrogens (tertiary/aromatic N) is 1. The first-order chi connectivity index (χ1) is 7.40. The lowest BCUT2D eigenvalue weighted by molar-refractivity contribution is 0.0703. The van der Waals surface area contributed by atoms with E-state index >= 15 is 0 Å². The van der Waals surface area contributed by atoms with Crippen LogP contribution >= 0.6 is 15.9 Å². The molecule has 0 aliphatic carbocycles. The normalized spacial score (nSPS) is 12.3. The molecule has 0 heterocycles. The molecule has 1 rings (SSSR count). The second-order valence-electron chi connectivity index (χ2n) is 4.05. The molecule has 1 unspecified atom stereocenters. The first-order valence-corrected chi connectivity index (χ1v) is 5.90. The summed E-state index contributed by atoms with van der Waals surface area (Å²) < 4.78 is 0.890. The van der Waals surface area contributed by atoms with Gasteiger partial charge in [0.05, 0.1) is 6.10 Å². The maximum atomic E-state index is 12.0. The highest BCUT2D eigenvalue weighted by Gasteiger charge is 2.13. The Morgan fingerprint density at radius 3 is 2.62 bits per heavy atom. The fourth-order valence-electron chi connectivity index (χ4n) is 1.56. The summed E-state index contributed by atoms with van der Waals surface area (Å²) in [6.45, 7) is 3.94. The van der Waals surface area contributed by atoms with Gasteiger partial charge in [-0.1, -0.05) is 15.9 Å². The van der Waals surface area contributed by atoms with Crippen molar-refractivity contribution in [3.05, 3.63) is 33.8 Å². The number of aliphatic hydroxyl groups is 1. The lowest BCUT2D eigenvalue weighted by Crippen LogP contribution is -2.33. The summed E-state index contributed by atoms with van der Waals surface area (Å²) in [6.07, 6.45) is -0.512. The fraction of sp³-hybridized carbons (Fsp3) is 0.417. The van der Waals surface area contributed by atoms with Gasteiger partial charge in [-0.3, -0.25) is 4.79 Å². The van der Waals surface area contributed by atoms with Crippen LogP contribution in [-0.4, -0.2) is 35.6 Å². The fourth-order valence-corrected chi connectivity index (χ4v) is 2.17. The van der Waals surface area contributed by atoms with Gasteiger partial charge in [-0.15, -0.1) is 0 Å². The van der Waals surface area contributed by atoms with Crippen LogP contribution in [0.3, 0.4) is 0 Å². The van der Waals surface area contributed by atoms with Gasteiger partial charge in [-0.2, -0.15) is 0 Å². The highest BCUT2D eigenvalue weighted by Crippen LogP contribution is 2.16. The molecule has 1 atom stereocenters. The first kappa shape index (κ1) is 13.2. The lowest BCUT2D eigenvalue weighted by atomic mass is 10.1. The van der Waals surface area contributed by atoms with Crippen LogP contribution in [0.2, 0.25) is 0 Å². The number of rotatable bonds is 3. The Labute approximate surface area is 104 Å². The molecule has 1 amide bonds. The van der Waals surface area contributed by atoms with Gasteiger partial charge in [0.1, 0.15) is 0 Å². The van der Waals surface area contributed by atoms with Crippen LogP contribution in [0.25, 0.3) is 0 Å². The number of carbonyl (C=O) groups is 1. The minimum atomic E-state index is -0.512. The summed E-state index contributed by atoms with van der Waals surface area (Å²) in [5.74, 6) is -0.0784. The minimum absolute atomic E-state index is 0.0784. The molecule has 0 radical (unpaired) electrons. The maximum absolute atomic E-state index is 12.0. The second kappa shape index (κ2) is 5.46. The van der Waals surface area contributed by atoms with Gasteiger partial charge in [-0.25, -0.2) is 0 Å². The number of hydrogen-bond acceptors (Lipinski definition) is 2. The first-order valence-electron chi connectivity index (χ1n) is 5.11. The van der Waals surface area contributed by atoms with Gasteiger partial charge in [0.25, 0.3) is 5.91 Å². The van der Waals surface area contributed by atoms with Crippen molar-refractivity contribution < 1.29 is 9.90 Å². The third-order valence-electron chi connectivity index (χ3n) is 2.17. The van der Waals surface area contributed by atoms with Crippen molar-refractivity contribution in [1.82, 2.24) is 4.90 Å². The standard InChI is InChI=1S/C12H16BrNO2/c1-8-4-10(6-11(13)5-8)12(16)14(3)7-9(2)15/h4-6,9,15H,7H2,1-3H3. The Kier molecular flexibility index (Phi) is 4.50. The van der Waals surface area contributed by atoms with E-state index in [2.05, 4.69) is 15.9 Å². The van der Waals surface area contributed by atoms with Crippen LogP contribution in [-0.2, 0) is 0 Å². The van der Waals surface area contributed by atoms with Gasteiger partial charge in [-0.05, 0) is 37.6 Å². The van der Waals surface area contributed by atoms with Gasteiger partial charge in [0.2, 0.25) is 0 Å². The van der Waals surface area contributed by atoms with E-state index < -0.39 is 6.10 Å². The van der Waals surface area contributed by atoms with Crippen LogP contribution < -0.4 is 0 Å². The van der Waals surface area contributed by atoms with E-state index in [-0.39, 0.29) is 5.91 Å². The summed E-state index contributed by atoms with van der Waals surface area (Å²) in [6, 6.07) is 5.57. The van der Waals surface area contributed by atoms with Crippen molar-refractivity contribution in [1.29, 1.82) is 0 Å². The van der Waals surface area contributed by atoms with E-state index in [1.54, 1.807) is 20.0 Å². The van der Waals surface area contributed by atoms with Crippen LogP contribution in [0.4, 0.5) is 0 Å². The van der Waals surface area contributed by atoms with Gasteiger partial charge in [0, 0.05) is 23.6 Å². The zero-order valence-corrected chi connectivity index (χ0v) is 11.3. The zero-order chi connectivity index (χ0) is 12.3. The molecule has 16 heavy (non-hydrogen) atoms. The molecule has 1 N–H and O–H groups in total. The van der Waals surface area contributed by atoms with Crippen LogP contribution in [0, 0.1) is 6.92 Å². The molecule has 0 spiro atoms. The second-order valence-corrected chi connectivity index (χ2v) is 4.97. The SMILES string of the molecule is Cc1cc(Br)cc(C(=O)N(C)CC(C)O)c1. The highest BCUT2D eigenvalue weighted by atomic mass is 79.9. The molecule has 0 aliphatic heterocycles. The zero-order valence-electron chi connectivity index (χ0n) is 9.70. The molecule has 88 valence electrons.